The Kier molecular flexibility index (Phi) is 4.65. The Morgan fingerprint density at radius 2 is 1.92 bits per heavy atom. The van der Waals surface area contributed by atoms with E-state index in [2.05, 4.69) is 5.10 Å². The minimum atomic E-state index is -1.07. The molecule has 0 aromatic carbocycles. The van der Waals surface area contributed by atoms with Crippen molar-refractivity contribution in [3.63, 3.8) is 0 Å². The number of carbonyl (C=O) groups excluding carboxylic acids is 1. The fraction of sp³-hybridized carbons (Fsp3) is 0.500. The maximum absolute atomic E-state index is 12.9. The first-order valence-electron chi connectivity index (χ1n) is 8.64. The van der Waals surface area contributed by atoms with Crippen LogP contribution in [0.25, 0.3) is 0 Å². The molecule has 1 aliphatic heterocycles. The molecule has 0 bridgehead atoms. The molecule has 1 saturated heterocycles. The topological polar surface area (TPSA) is 80.4 Å². The number of carbonyl (C=O) groups is 2. The Balaban J connectivity index is 1.76. The molecule has 2 aromatic heterocycles. The standard InChI is InChI=1S/C18H24N4O3/c1-3-15(20-8-4-5-9-20)16(23)21-10-6-18(7-11-21,17(24)25)22-13-14(2)12-19-22/h4-5,8-9,12-13,15H,3,6-7,10-11H2,1-2H3,(H,24,25). The molecule has 2 aromatic rings. The van der Waals surface area contributed by atoms with Gasteiger partial charge in [-0.25, -0.2) is 4.79 Å². The Hall–Kier alpha value is -2.57. The van der Waals surface area contributed by atoms with Gasteiger partial charge in [-0.1, -0.05) is 6.92 Å². The fourth-order valence-electron chi connectivity index (χ4n) is 3.56. The zero-order valence-corrected chi connectivity index (χ0v) is 14.6. The second kappa shape index (κ2) is 6.74. The molecule has 134 valence electrons. The predicted molar refractivity (Wildman–Crippen MR) is 92.1 cm³/mol. The van der Waals surface area contributed by atoms with Crippen LogP contribution in [0.15, 0.2) is 36.9 Å². The number of likely N-dealkylation sites (tertiary alicyclic amines) is 1. The molecular weight excluding hydrogens is 320 g/mol. The van der Waals surface area contributed by atoms with Crippen molar-refractivity contribution in [1.29, 1.82) is 0 Å². The molecule has 0 saturated carbocycles. The first-order valence-corrected chi connectivity index (χ1v) is 8.64. The van der Waals surface area contributed by atoms with Crippen molar-refractivity contribution in [2.45, 2.75) is 44.7 Å². The monoisotopic (exact) mass is 344 g/mol. The maximum atomic E-state index is 12.9. The minimum absolute atomic E-state index is 0.0503. The fourth-order valence-corrected chi connectivity index (χ4v) is 3.56. The van der Waals surface area contributed by atoms with Crippen molar-refractivity contribution < 1.29 is 14.7 Å². The highest BCUT2D eigenvalue weighted by Gasteiger charge is 2.45. The van der Waals surface area contributed by atoms with Crippen LogP contribution in [-0.4, -0.2) is 49.3 Å². The van der Waals surface area contributed by atoms with Crippen molar-refractivity contribution in [3.8, 4) is 0 Å². The normalized spacial score (nSPS) is 18.1. The van der Waals surface area contributed by atoms with Crippen molar-refractivity contribution in [3.05, 3.63) is 42.5 Å². The van der Waals surface area contributed by atoms with Gasteiger partial charge in [0.15, 0.2) is 5.54 Å². The van der Waals surface area contributed by atoms with E-state index < -0.39 is 11.5 Å². The number of hydrogen-bond donors (Lipinski definition) is 1. The summed E-state index contributed by atoms with van der Waals surface area (Å²) in [4.78, 5) is 26.6. The molecule has 1 fully saturated rings. The van der Waals surface area contributed by atoms with Crippen LogP contribution < -0.4 is 0 Å². The number of amides is 1. The van der Waals surface area contributed by atoms with Crippen molar-refractivity contribution in [2.24, 2.45) is 0 Å². The lowest BCUT2D eigenvalue weighted by molar-refractivity contribution is -0.154. The molecule has 1 N–H and O–H groups in total. The molecule has 0 aliphatic carbocycles. The van der Waals surface area contributed by atoms with Gasteiger partial charge in [-0.2, -0.15) is 5.10 Å². The van der Waals surface area contributed by atoms with Crippen LogP contribution in [0.5, 0.6) is 0 Å². The summed E-state index contributed by atoms with van der Waals surface area (Å²) in [6, 6.07) is 3.57. The molecule has 0 radical (unpaired) electrons. The third kappa shape index (κ3) is 3.06. The third-order valence-corrected chi connectivity index (χ3v) is 5.11. The van der Waals surface area contributed by atoms with Crippen LogP contribution in [-0.2, 0) is 15.1 Å². The molecule has 25 heavy (non-hydrogen) atoms. The Bertz CT molecular complexity index is 742. The average molecular weight is 344 g/mol. The molecular formula is C18H24N4O3. The quantitative estimate of drug-likeness (QED) is 0.900. The van der Waals surface area contributed by atoms with Crippen LogP contribution in [0, 0.1) is 6.92 Å². The molecule has 7 heteroatoms. The predicted octanol–water partition coefficient (Wildman–Crippen LogP) is 2.05. The minimum Gasteiger partial charge on any atom is -0.479 e. The van der Waals surface area contributed by atoms with E-state index in [9.17, 15) is 14.7 Å². The highest BCUT2D eigenvalue weighted by atomic mass is 16.4. The van der Waals surface area contributed by atoms with Crippen molar-refractivity contribution in [1.82, 2.24) is 19.2 Å². The summed E-state index contributed by atoms with van der Waals surface area (Å²) in [5.41, 5.74) is -0.141. The molecule has 3 rings (SSSR count). The van der Waals surface area contributed by atoms with Gasteiger partial charge in [-0.05, 0) is 31.0 Å². The summed E-state index contributed by atoms with van der Waals surface area (Å²) in [6.07, 6.45) is 8.64. The maximum Gasteiger partial charge on any atom is 0.331 e. The van der Waals surface area contributed by atoms with Gasteiger partial charge in [0, 0.05) is 44.5 Å². The zero-order valence-electron chi connectivity index (χ0n) is 14.6. The number of carboxylic acids is 1. The number of piperidine rings is 1. The van der Waals surface area contributed by atoms with Gasteiger partial charge in [0.05, 0.1) is 6.20 Å². The largest absolute Gasteiger partial charge is 0.479 e. The van der Waals surface area contributed by atoms with E-state index in [-0.39, 0.29) is 11.9 Å². The molecule has 3 heterocycles. The van der Waals surface area contributed by atoms with E-state index in [4.69, 9.17) is 0 Å². The van der Waals surface area contributed by atoms with E-state index in [0.29, 0.717) is 32.4 Å². The van der Waals surface area contributed by atoms with Gasteiger partial charge < -0.3 is 14.6 Å². The van der Waals surface area contributed by atoms with Crippen molar-refractivity contribution in [2.75, 3.05) is 13.1 Å². The van der Waals surface area contributed by atoms with Gasteiger partial charge in [0.25, 0.3) is 0 Å². The Morgan fingerprint density at radius 3 is 2.40 bits per heavy atom. The highest BCUT2D eigenvalue weighted by Crippen LogP contribution is 2.31. The van der Waals surface area contributed by atoms with E-state index in [1.54, 1.807) is 22.0 Å². The summed E-state index contributed by atoms with van der Waals surface area (Å²) < 4.78 is 3.47. The van der Waals surface area contributed by atoms with Crippen LogP contribution in [0.1, 0.15) is 37.8 Å². The summed E-state index contributed by atoms with van der Waals surface area (Å²) in [5, 5.41) is 14.0. The van der Waals surface area contributed by atoms with Gasteiger partial charge >= 0.3 is 5.97 Å². The molecule has 1 unspecified atom stereocenters. The summed E-state index contributed by atoms with van der Waals surface area (Å²) in [5.74, 6) is -0.838. The second-order valence-corrected chi connectivity index (χ2v) is 6.68. The van der Waals surface area contributed by atoms with Crippen LogP contribution in [0.3, 0.4) is 0 Å². The first kappa shape index (κ1) is 17.3. The number of aryl methyl sites for hydroxylation is 1. The van der Waals surface area contributed by atoms with Gasteiger partial charge in [0.1, 0.15) is 6.04 Å². The number of carboxylic acid groups (broad SMARTS) is 1. The number of rotatable bonds is 5. The highest BCUT2D eigenvalue weighted by molar-refractivity contribution is 5.82. The number of hydrogen-bond acceptors (Lipinski definition) is 3. The SMILES string of the molecule is CCC(C(=O)N1CCC(C(=O)O)(n2cc(C)cn2)CC1)n1cccc1. The van der Waals surface area contributed by atoms with Crippen LogP contribution in [0.4, 0.5) is 0 Å². The molecule has 0 spiro atoms. The Morgan fingerprint density at radius 1 is 1.28 bits per heavy atom. The summed E-state index contributed by atoms with van der Waals surface area (Å²) in [6.45, 7) is 4.71. The van der Waals surface area contributed by atoms with E-state index in [1.807, 2.05) is 42.9 Å². The third-order valence-electron chi connectivity index (χ3n) is 5.11. The molecule has 1 amide bonds. The molecule has 1 atom stereocenters. The lowest BCUT2D eigenvalue weighted by Gasteiger charge is -2.40. The zero-order chi connectivity index (χ0) is 18.0. The Labute approximate surface area is 146 Å². The van der Waals surface area contributed by atoms with Gasteiger partial charge in [0.2, 0.25) is 5.91 Å². The summed E-state index contributed by atoms with van der Waals surface area (Å²) in [7, 11) is 0. The van der Waals surface area contributed by atoms with Crippen molar-refractivity contribution >= 4 is 11.9 Å². The van der Waals surface area contributed by atoms with E-state index in [1.165, 1.54) is 0 Å². The van der Waals surface area contributed by atoms with Crippen LogP contribution in [0.2, 0.25) is 0 Å². The molecule has 7 nitrogen and oxygen atoms in total. The number of aromatic nitrogens is 3. The smallest absolute Gasteiger partial charge is 0.331 e. The second-order valence-electron chi connectivity index (χ2n) is 6.68. The lowest BCUT2D eigenvalue weighted by Crippen LogP contribution is -2.53. The lowest BCUT2D eigenvalue weighted by atomic mass is 9.87. The van der Waals surface area contributed by atoms with Gasteiger partial charge in [-0.3, -0.25) is 9.48 Å². The van der Waals surface area contributed by atoms with E-state index >= 15 is 0 Å². The first-order chi connectivity index (χ1) is 12.0. The van der Waals surface area contributed by atoms with Crippen LogP contribution >= 0.6 is 0 Å². The molecule has 1 aliphatic rings. The summed E-state index contributed by atoms with van der Waals surface area (Å²) >= 11 is 0. The van der Waals surface area contributed by atoms with E-state index in [0.717, 1.165) is 5.56 Å². The van der Waals surface area contributed by atoms with Gasteiger partial charge in [-0.15, -0.1) is 0 Å². The number of aliphatic carboxylic acids is 1. The average Bonchev–Trinajstić information content (AvgIpc) is 3.27. The number of nitrogens with zero attached hydrogens (tertiary/aromatic N) is 4.